The van der Waals surface area contributed by atoms with Crippen molar-refractivity contribution >= 4 is 11.6 Å². The van der Waals surface area contributed by atoms with Crippen molar-refractivity contribution < 1.29 is 5.11 Å². The summed E-state index contributed by atoms with van der Waals surface area (Å²) in [6.45, 7) is 4.09. The fraction of sp³-hybridized carbons (Fsp3) is 0.250. The summed E-state index contributed by atoms with van der Waals surface area (Å²) in [6, 6.07) is 17.4. The summed E-state index contributed by atoms with van der Waals surface area (Å²) < 4.78 is 0. The molecule has 0 aromatic heterocycles. The first-order valence-corrected chi connectivity index (χ1v) is 6.38. The Labute approximate surface area is 113 Å². The van der Waals surface area contributed by atoms with Crippen molar-refractivity contribution in [1.82, 2.24) is 0 Å². The van der Waals surface area contributed by atoms with Crippen LogP contribution in [0, 0.1) is 0 Å². The van der Waals surface area contributed by atoms with Gasteiger partial charge in [-0.1, -0.05) is 67.9 Å². The van der Waals surface area contributed by atoms with E-state index in [1.165, 1.54) is 0 Å². The van der Waals surface area contributed by atoms with E-state index in [-0.39, 0.29) is 5.41 Å². The average Bonchev–Trinajstić information content (AvgIpc) is 2.40. The van der Waals surface area contributed by atoms with Crippen LogP contribution in [-0.4, -0.2) is 5.11 Å². The molecule has 0 aliphatic rings. The third-order valence-electron chi connectivity index (χ3n) is 3.39. The van der Waals surface area contributed by atoms with Crippen molar-refractivity contribution in [3.63, 3.8) is 0 Å². The fourth-order valence-corrected chi connectivity index (χ4v) is 2.21. The van der Waals surface area contributed by atoms with Crippen molar-refractivity contribution in [2.45, 2.75) is 25.4 Å². The molecule has 0 saturated carbocycles. The molecular weight excluding hydrogens is 244 g/mol. The second-order valence-electron chi connectivity index (χ2n) is 5.04. The number of aliphatic hydroxyl groups excluding tert-OH is 1. The fourth-order valence-electron chi connectivity index (χ4n) is 2.09. The van der Waals surface area contributed by atoms with Crippen molar-refractivity contribution in [1.29, 1.82) is 0 Å². The van der Waals surface area contributed by atoms with Crippen LogP contribution in [-0.2, 0) is 5.41 Å². The van der Waals surface area contributed by atoms with Crippen LogP contribution < -0.4 is 0 Å². The van der Waals surface area contributed by atoms with E-state index in [0.29, 0.717) is 5.02 Å². The molecule has 2 rings (SSSR count). The zero-order chi connectivity index (χ0) is 13.2. The maximum absolute atomic E-state index is 10.5. The van der Waals surface area contributed by atoms with E-state index in [4.69, 9.17) is 11.6 Å². The van der Waals surface area contributed by atoms with Gasteiger partial charge in [0.2, 0.25) is 0 Å². The number of hydrogen-bond acceptors (Lipinski definition) is 1. The van der Waals surface area contributed by atoms with Gasteiger partial charge in [-0.15, -0.1) is 0 Å². The standard InChI is InChI=1S/C16H17ClO/c1-16(2,13-6-4-3-5-7-13)15(18)12-8-10-14(17)11-9-12/h3-11,15,18H,1-2H3. The summed E-state index contributed by atoms with van der Waals surface area (Å²) in [5, 5.41) is 11.2. The molecule has 0 amide bonds. The van der Waals surface area contributed by atoms with Gasteiger partial charge < -0.3 is 5.11 Å². The van der Waals surface area contributed by atoms with Gasteiger partial charge in [0.15, 0.2) is 0 Å². The summed E-state index contributed by atoms with van der Waals surface area (Å²) in [5.74, 6) is 0. The van der Waals surface area contributed by atoms with Crippen LogP contribution >= 0.6 is 11.6 Å². The Morgan fingerprint density at radius 1 is 0.944 bits per heavy atom. The SMILES string of the molecule is CC(C)(c1ccccc1)C(O)c1ccc(Cl)cc1. The largest absolute Gasteiger partial charge is 0.388 e. The molecule has 1 N–H and O–H groups in total. The molecule has 1 atom stereocenters. The van der Waals surface area contributed by atoms with Crippen LogP contribution in [0.5, 0.6) is 0 Å². The third kappa shape index (κ3) is 2.58. The van der Waals surface area contributed by atoms with Gasteiger partial charge in [-0.25, -0.2) is 0 Å². The maximum Gasteiger partial charge on any atom is 0.0881 e. The van der Waals surface area contributed by atoms with E-state index >= 15 is 0 Å². The first-order chi connectivity index (χ1) is 8.51. The first kappa shape index (κ1) is 13.1. The van der Waals surface area contributed by atoms with Gasteiger partial charge in [-0.05, 0) is 23.3 Å². The molecule has 0 heterocycles. The lowest BCUT2D eigenvalue weighted by molar-refractivity contribution is 0.100. The van der Waals surface area contributed by atoms with Crippen molar-refractivity contribution in [2.24, 2.45) is 0 Å². The Kier molecular flexibility index (Phi) is 3.74. The Bertz CT molecular complexity index is 502. The third-order valence-corrected chi connectivity index (χ3v) is 3.64. The van der Waals surface area contributed by atoms with E-state index in [1.807, 2.05) is 56.3 Å². The molecule has 2 aromatic carbocycles. The lowest BCUT2D eigenvalue weighted by atomic mass is 9.77. The van der Waals surface area contributed by atoms with Gasteiger partial charge in [-0.2, -0.15) is 0 Å². The van der Waals surface area contributed by atoms with Gasteiger partial charge in [-0.3, -0.25) is 0 Å². The molecule has 0 saturated heterocycles. The Hall–Kier alpha value is -1.31. The van der Waals surface area contributed by atoms with Crippen molar-refractivity contribution in [3.8, 4) is 0 Å². The van der Waals surface area contributed by atoms with Gasteiger partial charge in [0, 0.05) is 10.4 Å². The second-order valence-corrected chi connectivity index (χ2v) is 5.48. The van der Waals surface area contributed by atoms with Crippen LogP contribution in [0.3, 0.4) is 0 Å². The monoisotopic (exact) mass is 260 g/mol. The second kappa shape index (κ2) is 5.13. The normalized spacial score (nSPS) is 13.3. The van der Waals surface area contributed by atoms with Crippen LogP contribution in [0.4, 0.5) is 0 Å². The molecule has 18 heavy (non-hydrogen) atoms. The summed E-state index contributed by atoms with van der Waals surface area (Å²) in [6.07, 6.45) is -0.558. The number of aliphatic hydroxyl groups is 1. The van der Waals surface area contributed by atoms with E-state index in [1.54, 1.807) is 12.1 Å². The van der Waals surface area contributed by atoms with Gasteiger partial charge in [0.1, 0.15) is 0 Å². The van der Waals surface area contributed by atoms with Crippen LogP contribution in [0.2, 0.25) is 5.02 Å². The summed E-state index contributed by atoms with van der Waals surface area (Å²) in [7, 11) is 0. The molecule has 0 aliphatic heterocycles. The summed E-state index contributed by atoms with van der Waals surface area (Å²) in [5.41, 5.74) is 1.66. The van der Waals surface area contributed by atoms with Crippen molar-refractivity contribution in [3.05, 3.63) is 70.7 Å². The van der Waals surface area contributed by atoms with Crippen LogP contribution in [0.25, 0.3) is 0 Å². The number of halogens is 1. The van der Waals surface area contributed by atoms with E-state index in [9.17, 15) is 5.11 Å². The van der Waals surface area contributed by atoms with Gasteiger partial charge in [0.25, 0.3) is 0 Å². The summed E-state index contributed by atoms with van der Waals surface area (Å²) in [4.78, 5) is 0. The molecule has 0 bridgehead atoms. The molecule has 94 valence electrons. The smallest absolute Gasteiger partial charge is 0.0881 e. The molecular formula is C16H17ClO. The number of hydrogen-bond donors (Lipinski definition) is 1. The van der Waals surface area contributed by atoms with Crippen LogP contribution in [0.15, 0.2) is 54.6 Å². The topological polar surface area (TPSA) is 20.2 Å². The zero-order valence-electron chi connectivity index (χ0n) is 10.6. The number of benzene rings is 2. The highest BCUT2D eigenvalue weighted by atomic mass is 35.5. The van der Waals surface area contributed by atoms with E-state index in [0.717, 1.165) is 11.1 Å². The molecule has 0 spiro atoms. The molecule has 0 fully saturated rings. The van der Waals surface area contributed by atoms with Gasteiger partial charge >= 0.3 is 0 Å². The molecule has 0 aliphatic carbocycles. The molecule has 2 heteroatoms. The van der Waals surface area contributed by atoms with Gasteiger partial charge in [0.05, 0.1) is 6.10 Å². The minimum Gasteiger partial charge on any atom is -0.388 e. The van der Waals surface area contributed by atoms with Crippen LogP contribution in [0.1, 0.15) is 31.1 Å². The average molecular weight is 261 g/mol. The minimum absolute atomic E-state index is 0.338. The molecule has 1 nitrogen and oxygen atoms in total. The Morgan fingerprint density at radius 3 is 2.06 bits per heavy atom. The van der Waals surface area contributed by atoms with E-state index in [2.05, 4.69) is 0 Å². The number of rotatable bonds is 3. The quantitative estimate of drug-likeness (QED) is 0.870. The lowest BCUT2D eigenvalue weighted by Gasteiger charge is -2.31. The predicted octanol–water partition coefficient (Wildman–Crippen LogP) is 4.35. The zero-order valence-corrected chi connectivity index (χ0v) is 11.4. The first-order valence-electron chi connectivity index (χ1n) is 6.01. The highest BCUT2D eigenvalue weighted by Crippen LogP contribution is 2.36. The minimum atomic E-state index is -0.558. The summed E-state index contributed by atoms with van der Waals surface area (Å²) >= 11 is 5.87. The molecule has 2 aromatic rings. The highest BCUT2D eigenvalue weighted by Gasteiger charge is 2.30. The maximum atomic E-state index is 10.5. The predicted molar refractivity (Wildman–Crippen MR) is 75.9 cm³/mol. The lowest BCUT2D eigenvalue weighted by Crippen LogP contribution is -2.26. The van der Waals surface area contributed by atoms with E-state index < -0.39 is 6.10 Å². The highest BCUT2D eigenvalue weighted by molar-refractivity contribution is 6.30. The molecule has 0 radical (unpaired) electrons. The van der Waals surface area contributed by atoms with Crippen molar-refractivity contribution in [2.75, 3.05) is 0 Å². The molecule has 1 unspecified atom stereocenters. The Morgan fingerprint density at radius 2 is 1.50 bits per heavy atom. The Balaban J connectivity index is 2.32.